The third-order valence-corrected chi connectivity index (χ3v) is 6.06. The van der Waals surface area contributed by atoms with Gasteiger partial charge in [0.05, 0.1) is 11.3 Å². The molecule has 0 aromatic heterocycles. The van der Waals surface area contributed by atoms with E-state index in [0.29, 0.717) is 30.5 Å². The molecule has 0 aliphatic carbocycles. The maximum atomic E-state index is 12.4. The standard InChI is InChI=1S/C15H21NO4S/c1-11-7-8-16(9-12(11)2)21(19,20)10-13-3-5-14(6-4-13)15(17)18/h3-6,11-12H,7-10H2,1-2H3,(H,17,18). The highest BCUT2D eigenvalue weighted by Gasteiger charge is 2.30. The summed E-state index contributed by atoms with van der Waals surface area (Å²) in [6, 6.07) is 6.01. The number of nitrogens with zero attached hydrogens (tertiary/aromatic N) is 1. The number of hydrogen-bond donors (Lipinski definition) is 1. The molecule has 1 aromatic carbocycles. The minimum Gasteiger partial charge on any atom is -0.478 e. The SMILES string of the molecule is CC1CCN(S(=O)(=O)Cc2ccc(C(=O)O)cc2)CC1C. The van der Waals surface area contributed by atoms with Gasteiger partial charge in [0.15, 0.2) is 0 Å². The number of aromatic carboxylic acids is 1. The first-order valence-corrected chi connectivity index (χ1v) is 8.70. The molecule has 2 unspecified atom stereocenters. The number of carbonyl (C=O) groups is 1. The van der Waals surface area contributed by atoms with E-state index in [-0.39, 0.29) is 11.3 Å². The summed E-state index contributed by atoms with van der Waals surface area (Å²) in [6.45, 7) is 5.37. The van der Waals surface area contributed by atoms with Crippen LogP contribution >= 0.6 is 0 Å². The Balaban J connectivity index is 2.08. The van der Waals surface area contributed by atoms with Gasteiger partial charge in [-0.25, -0.2) is 17.5 Å². The van der Waals surface area contributed by atoms with E-state index in [0.717, 1.165) is 6.42 Å². The van der Waals surface area contributed by atoms with Crippen molar-refractivity contribution in [3.63, 3.8) is 0 Å². The molecule has 0 saturated carbocycles. The third-order valence-electron chi connectivity index (χ3n) is 4.24. The highest BCUT2D eigenvalue weighted by molar-refractivity contribution is 7.88. The van der Waals surface area contributed by atoms with Crippen LogP contribution in [0, 0.1) is 11.8 Å². The molecule has 1 heterocycles. The van der Waals surface area contributed by atoms with Crippen molar-refractivity contribution < 1.29 is 18.3 Å². The van der Waals surface area contributed by atoms with Crippen LogP contribution in [-0.4, -0.2) is 36.9 Å². The van der Waals surface area contributed by atoms with Gasteiger partial charge in [-0.1, -0.05) is 26.0 Å². The van der Waals surface area contributed by atoms with E-state index in [9.17, 15) is 13.2 Å². The number of piperidine rings is 1. The second-order valence-electron chi connectivity index (χ2n) is 5.86. The van der Waals surface area contributed by atoms with Gasteiger partial charge in [-0.2, -0.15) is 0 Å². The molecule has 5 nitrogen and oxygen atoms in total. The molecule has 1 saturated heterocycles. The molecular weight excluding hydrogens is 290 g/mol. The fourth-order valence-corrected chi connectivity index (χ4v) is 4.16. The lowest BCUT2D eigenvalue weighted by Gasteiger charge is -2.34. The number of sulfonamides is 1. The van der Waals surface area contributed by atoms with E-state index < -0.39 is 16.0 Å². The first kappa shape index (κ1) is 16.0. The normalized spacial score (nSPS) is 23.9. The van der Waals surface area contributed by atoms with Gasteiger partial charge in [-0.15, -0.1) is 0 Å². The van der Waals surface area contributed by atoms with Crippen molar-refractivity contribution in [3.8, 4) is 0 Å². The topological polar surface area (TPSA) is 74.7 Å². The zero-order valence-corrected chi connectivity index (χ0v) is 13.1. The quantitative estimate of drug-likeness (QED) is 0.925. The van der Waals surface area contributed by atoms with Crippen LogP contribution < -0.4 is 0 Å². The Kier molecular flexibility index (Phi) is 4.68. The van der Waals surface area contributed by atoms with Gasteiger partial charge in [-0.05, 0) is 36.0 Å². The first-order valence-electron chi connectivity index (χ1n) is 7.09. The van der Waals surface area contributed by atoms with E-state index in [2.05, 4.69) is 13.8 Å². The molecule has 1 N–H and O–H groups in total. The molecule has 21 heavy (non-hydrogen) atoms. The van der Waals surface area contributed by atoms with Crippen LogP contribution in [0.25, 0.3) is 0 Å². The molecule has 1 aromatic rings. The number of rotatable bonds is 4. The largest absolute Gasteiger partial charge is 0.478 e. The molecule has 6 heteroatoms. The summed E-state index contributed by atoms with van der Waals surface area (Å²) in [7, 11) is -3.34. The van der Waals surface area contributed by atoms with Gasteiger partial charge in [0.25, 0.3) is 0 Å². The lowest BCUT2D eigenvalue weighted by atomic mass is 9.90. The van der Waals surface area contributed by atoms with E-state index in [4.69, 9.17) is 5.11 Å². The number of hydrogen-bond acceptors (Lipinski definition) is 3. The predicted octanol–water partition coefficient (Wildman–Crippen LogP) is 2.19. The monoisotopic (exact) mass is 311 g/mol. The Morgan fingerprint density at radius 2 is 1.86 bits per heavy atom. The average Bonchev–Trinajstić information content (AvgIpc) is 2.42. The Bertz CT molecular complexity index is 609. The van der Waals surface area contributed by atoms with Crippen LogP contribution in [0.15, 0.2) is 24.3 Å². The van der Waals surface area contributed by atoms with Gasteiger partial charge < -0.3 is 5.11 Å². The molecule has 1 fully saturated rings. The molecule has 0 amide bonds. The summed E-state index contributed by atoms with van der Waals surface area (Å²) in [5, 5.41) is 8.84. The summed E-state index contributed by atoms with van der Waals surface area (Å²) in [4.78, 5) is 10.8. The first-order chi connectivity index (χ1) is 9.79. The zero-order valence-electron chi connectivity index (χ0n) is 12.3. The maximum absolute atomic E-state index is 12.4. The van der Waals surface area contributed by atoms with E-state index in [1.807, 2.05) is 0 Å². The van der Waals surface area contributed by atoms with Gasteiger partial charge >= 0.3 is 5.97 Å². The Labute approximate surface area is 125 Å². The molecule has 2 rings (SSSR count). The van der Waals surface area contributed by atoms with Crippen molar-refractivity contribution in [2.45, 2.75) is 26.0 Å². The lowest BCUT2D eigenvalue weighted by molar-refractivity contribution is 0.0697. The molecule has 116 valence electrons. The predicted molar refractivity (Wildman–Crippen MR) is 80.5 cm³/mol. The summed E-state index contributed by atoms with van der Waals surface area (Å²) < 4.78 is 26.4. The zero-order chi connectivity index (χ0) is 15.6. The van der Waals surface area contributed by atoms with E-state index >= 15 is 0 Å². The fraction of sp³-hybridized carbons (Fsp3) is 0.533. The molecule has 0 radical (unpaired) electrons. The average molecular weight is 311 g/mol. The minimum atomic E-state index is -3.34. The molecule has 2 atom stereocenters. The smallest absolute Gasteiger partial charge is 0.335 e. The van der Waals surface area contributed by atoms with Crippen LogP contribution in [0.4, 0.5) is 0 Å². The van der Waals surface area contributed by atoms with Crippen molar-refractivity contribution in [2.75, 3.05) is 13.1 Å². The van der Waals surface area contributed by atoms with Gasteiger partial charge in [0, 0.05) is 13.1 Å². The number of carboxylic acids is 1. The number of benzene rings is 1. The second kappa shape index (κ2) is 6.15. The minimum absolute atomic E-state index is 0.0754. The summed E-state index contributed by atoms with van der Waals surface area (Å²) in [5.41, 5.74) is 0.780. The Morgan fingerprint density at radius 1 is 1.24 bits per heavy atom. The van der Waals surface area contributed by atoms with Crippen molar-refractivity contribution in [2.24, 2.45) is 11.8 Å². The molecule has 1 aliphatic heterocycles. The van der Waals surface area contributed by atoms with Gasteiger partial charge in [0.2, 0.25) is 10.0 Å². The van der Waals surface area contributed by atoms with Crippen LogP contribution in [0.3, 0.4) is 0 Å². The lowest BCUT2D eigenvalue weighted by Crippen LogP contribution is -2.42. The van der Waals surface area contributed by atoms with E-state index in [1.54, 1.807) is 16.4 Å². The number of carboxylic acid groups (broad SMARTS) is 1. The van der Waals surface area contributed by atoms with Crippen molar-refractivity contribution in [1.82, 2.24) is 4.31 Å². The second-order valence-corrected chi connectivity index (χ2v) is 7.83. The highest BCUT2D eigenvalue weighted by atomic mass is 32.2. The van der Waals surface area contributed by atoms with Crippen molar-refractivity contribution in [1.29, 1.82) is 0 Å². The summed E-state index contributed by atoms with van der Waals surface area (Å²) >= 11 is 0. The summed E-state index contributed by atoms with van der Waals surface area (Å²) in [5.74, 6) is -0.175. The summed E-state index contributed by atoms with van der Waals surface area (Å²) in [6.07, 6.45) is 0.887. The van der Waals surface area contributed by atoms with Crippen molar-refractivity contribution in [3.05, 3.63) is 35.4 Å². The molecule has 0 bridgehead atoms. The van der Waals surface area contributed by atoms with Crippen LogP contribution in [-0.2, 0) is 15.8 Å². The maximum Gasteiger partial charge on any atom is 0.335 e. The van der Waals surface area contributed by atoms with Gasteiger partial charge in [0.1, 0.15) is 0 Å². The van der Waals surface area contributed by atoms with Crippen molar-refractivity contribution >= 4 is 16.0 Å². The van der Waals surface area contributed by atoms with Crippen LogP contribution in [0.5, 0.6) is 0 Å². The van der Waals surface area contributed by atoms with Crippen LogP contribution in [0.1, 0.15) is 36.2 Å². The van der Waals surface area contributed by atoms with E-state index in [1.165, 1.54) is 12.1 Å². The Morgan fingerprint density at radius 3 is 2.38 bits per heavy atom. The third kappa shape index (κ3) is 3.83. The highest BCUT2D eigenvalue weighted by Crippen LogP contribution is 2.25. The molecule has 0 spiro atoms. The molecular formula is C15H21NO4S. The molecule has 1 aliphatic rings. The fourth-order valence-electron chi connectivity index (χ4n) is 2.52. The van der Waals surface area contributed by atoms with Crippen LogP contribution in [0.2, 0.25) is 0 Å². The Hall–Kier alpha value is -1.40. The van der Waals surface area contributed by atoms with Gasteiger partial charge in [-0.3, -0.25) is 0 Å².